The van der Waals surface area contributed by atoms with Crippen molar-refractivity contribution < 1.29 is 9.47 Å². The number of hydrogen-bond acceptors (Lipinski definition) is 2. The molecule has 20 heavy (non-hydrogen) atoms. The first-order chi connectivity index (χ1) is 9.88. The van der Waals surface area contributed by atoms with Crippen molar-refractivity contribution in [3.8, 4) is 11.5 Å². The molecule has 0 radical (unpaired) electrons. The van der Waals surface area contributed by atoms with Crippen molar-refractivity contribution in [2.45, 2.75) is 38.5 Å². The van der Waals surface area contributed by atoms with Gasteiger partial charge in [0.15, 0.2) is 11.5 Å². The standard InChI is InChI=1S/C18H26O2/c1-3-5-7-11-15-19-17-13-9-10-14-18(17)20-16-12-8-6-4-2/h3-4,9-10,13-14H,1-2,5-8,11-12,15-16H2. The molecule has 0 atom stereocenters. The number of allylic oxidation sites excluding steroid dienone is 2. The van der Waals surface area contributed by atoms with Crippen LogP contribution in [0, 0.1) is 0 Å². The minimum absolute atomic E-state index is 0.727. The van der Waals surface area contributed by atoms with Crippen LogP contribution in [0.3, 0.4) is 0 Å². The molecule has 1 aromatic rings. The van der Waals surface area contributed by atoms with Gasteiger partial charge in [-0.3, -0.25) is 0 Å². The summed E-state index contributed by atoms with van der Waals surface area (Å²) in [5.74, 6) is 1.68. The molecule has 0 bridgehead atoms. The third kappa shape index (κ3) is 7.03. The molecule has 0 saturated carbocycles. The van der Waals surface area contributed by atoms with E-state index in [2.05, 4.69) is 13.2 Å². The van der Waals surface area contributed by atoms with Crippen LogP contribution in [0.5, 0.6) is 11.5 Å². The van der Waals surface area contributed by atoms with E-state index in [0.29, 0.717) is 0 Å². The van der Waals surface area contributed by atoms with Crippen LogP contribution in [0.1, 0.15) is 38.5 Å². The van der Waals surface area contributed by atoms with Crippen molar-refractivity contribution in [1.82, 2.24) is 0 Å². The summed E-state index contributed by atoms with van der Waals surface area (Å²) < 4.78 is 11.6. The fourth-order valence-corrected chi connectivity index (χ4v) is 1.83. The average Bonchev–Trinajstić information content (AvgIpc) is 2.48. The molecule has 0 aliphatic heterocycles. The van der Waals surface area contributed by atoms with Crippen LogP contribution in [0.2, 0.25) is 0 Å². The highest BCUT2D eigenvalue weighted by atomic mass is 16.5. The molecule has 0 aliphatic rings. The summed E-state index contributed by atoms with van der Waals surface area (Å²) in [6.07, 6.45) is 10.3. The van der Waals surface area contributed by atoms with Crippen molar-refractivity contribution in [1.29, 1.82) is 0 Å². The number of benzene rings is 1. The maximum Gasteiger partial charge on any atom is 0.161 e. The van der Waals surface area contributed by atoms with E-state index in [1.165, 1.54) is 0 Å². The summed E-state index contributed by atoms with van der Waals surface area (Å²) in [7, 11) is 0. The SMILES string of the molecule is C=CCCCCOc1ccccc1OCCCCC=C. The fraction of sp³-hybridized carbons (Fsp3) is 0.444. The molecule has 0 amide bonds. The Balaban J connectivity index is 2.30. The molecular weight excluding hydrogens is 248 g/mol. The molecule has 1 aromatic carbocycles. The van der Waals surface area contributed by atoms with Gasteiger partial charge in [-0.05, 0) is 50.7 Å². The highest BCUT2D eigenvalue weighted by Crippen LogP contribution is 2.26. The number of rotatable bonds is 12. The lowest BCUT2D eigenvalue weighted by molar-refractivity contribution is 0.260. The third-order valence-electron chi connectivity index (χ3n) is 2.97. The number of hydrogen-bond donors (Lipinski definition) is 0. The Kier molecular flexibility index (Phi) is 9.12. The average molecular weight is 274 g/mol. The van der Waals surface area contributed by atoms with Crippen molar-refractivity contribution in [3.63, 3.8) is 0 Å². The van der Waals surface area contributed by atoms with Gasteiger partial charge in [0.1, 0.15) is 0 Å². The predicted molar refractivity (Wildman–Crippen MR) is 85.5 cm³/mol. The van der Waals surface area contributed by atoms with E-state index in [-0.39, 0.29) is 0 Å². The smallest absolute Gasteiger partial charge is 0.161 e. The largest absolute Gasteiger partial charge is 0.490 e. The summed E-state index contributed by atoms with van der Waals surface area (Å²) in [6, 6.07) is 7.88. The molecule has 0 aromatic heterocycles. The summed E-state index contributed by atoms with van der Waals surface area (Å²) in [5.41, 5.74) is 0. The number of para-hydroxylation sites is 2. The van der Waals surface area contributed by atoms with Gasteiger partial charge in [-0.1, -0.05) is 24.3 Å². The molecule has 0 spiro atoms. The molecule has 110 valence electrons. The van der Waals surface area contributed by atoms with Crippen LogP contribution >= 0.6 is 0 Å². The zero-order valence-corrected chi connectivity index (χ0v) is 12.4. The molecule has 0 heterocycles. The van der Waals surface area contributed by atoms with Crippen molar-refractivity contribution in [3.05, 3.63) is 49.6 Å². The van der Waals surface area contributed by atoms with Gasteiger partial charge < -0.3 is 9.47 Å². The lowest BCUT2D eigenvalue weighted by atomic mass is 10.2. The lowest BCUT2D eigenvalue weighted by Gasteiger charge is -2.12. The molecule has 2 nitrogen and oxygen atoms in total. The van der Waals surface area contributed by atoms with Gasteiger partial charge in [-0.15, -0.1) is 13.2 Å². The van der Waals surface area contributed by atoms with E-state index in [1.807, 2.05) is 36.4 Å². The van der Waals surface area contributed by atoms with E-state index >= 15 is 0 Å². The highest BCUT2D eigenvalue weighted by Gasteiger charge is 2.03. The van der Waals surface area contributed by atoms with Gasteiger partial charge >= 0.3 is 0 Å². The van der Waals surface area contributed by atoms with E-state index in [0.717, 1.165) is 63.2 Å². The van der Waals surface area contributed by atoms with Gasteiger partial charge in [0.2, 0.25) is 0 Å². The van der Waals surface area contributed by atoms with Crippen LogP contribution < -0.4 is 9.47 Å². The molecule has 2 heteroatoms. The summed E-state index contributed by atoms with van der Waals surface area (Å²) in [6.45, 7) is 8.89. The van der Waals surface area contributed by atoms with Gasteiger partial charge in [0.25, 0.3) is 0 Å². The minimum atomic E-state index is 0.727. The highest BCUT2D eigenvalue weighted by molar-refractivity contribution is 5.39. The summed E-state index contributed by atoms with van der Waals surface area (Å²) in [5, 5.41) is 0. The van der Waals surface area contributed by atoms with Crippen molar-refractivity contribution in [2.24, 2.45) is 0 Å². The zero-order valence-electron chi connectivity index (χ0n) is 12.4. The van der Waals surface area contributed by atoms with Crippen LogP contribution in [0.4, 0.5) is 0 Å². The van der Waals surface area contributed by atoms with Crippen LogP contribution in [0.15, 0.2) is 49.6 Å². The number of ether oxygens (including phenoxy) is 2. The zero-order chi connectivity index (χ0) is 14.5. The van der Waals surface area contributed by atoms with E-state index in [9.17, 15) is 0 Å². The first kappa shape index (κ1) is 16.4. The molecule has 0 unspecified atom stereocenters. The van der Waals surface area contributed by atoms with E-state index in [1.54, 1.807) is 0 Å². The van der Waals surface area contributed by atoms with Gasteiger partial charge in [-0.25, -0.2) is 0 Å². The van der Waals surface area contributed by atoms with Gasteiger partial charge in [-0.2, -0.15) is 0 Å². The predicted octanol–water partition coefficient (Wildman–Crippen LogP) is 5.16. The topological polar surface area (TPSA) is 18.5 Å². The molecule has 0 fully saturated rings. The van der Waals surface area contributed by atoms with Gasteiger partial charge in [0.05, 0.1) is 13.2 Å². The first-order valence-electron chi connectivity index (χ1n) is 7.45. The van der Waals surface area contributed by atoms with Crippen LogP contribution in [-0.2, 0) is 0 Å². The number of unbranched alkanes of at least 4 members (excludes halogenated alkanes) is 4. The Bertz CT molecular complexity index is 348. The summed E-state index contributed by atoms with van der Waals surface area (Å²) >= 11 is 0. The van der Waals surface area contributed by atoms with Crippen molar-refractivity contribution in [2.75, 3.05) is 13.2 Å². The van der Waals surface area contributed by atoms with Crippen LogP contribution in [-0.4, -0.2) is 13.2 Å². The second-order valence-electron chi connectivity index (χ2n) is 4.71. The molecule has 0 N–H and O–H groups in total. The van der Waals surface area contributed by atoms with E-state index < -0.39 is 0 Å². The Morgan fingerprint density at radius 2 is 1.20 bits per heavy atom. The monoisotopic (exact) mass is 274 g/mol. The second kappa shape index (κ2) is 11.2. The molecule has 0 saturated heterocycles. The Labute approximate surface area is 123 Å². The summed E-state index contributed by atoms with van der Waals surface area (Å²) in [4.78, 5) is 0. The maximum atomic E-state index is 5.79. The molecular formula is C18H26O2. The maximum absolute atomic E-state index is 5.79. The molecule has 0 aliphatic carbocycles. The Morgan fingerprint density at radius 3 is 1.60 bits per heavy atom. The lowest BCUT2D eigenvalue weighted by Crippen LogP contribution is -2.02. The Hall–Kier alpha value is -1.70. The quantitative estimate of drug-likeness (QED) is 0.387. The second-order valence-corrected chi connectivity index (χ2v) is 4.71. The fourth-order valence-electron chi connectivity index (χ4n) is 1.83. The van der Waals surface area contributed by atoms with Crippen molar-refractivity contribution >= 4 is 0 Å². The Morgan fingerprint density at radius 1 is 0.750 bits per heavy atom. The third-order valence-corrected chi connectivity index (χ3v) is 2.97. The van der Waals surface area contributed by atoms with E-state index in [4.69, 9.17) is 9.47 Å². The van der Waals surface area contributed by atoms with Crippen LogP contribution in [0.25, 0.3) is 0 Å². The first-order valence-corrected chi connectivity index (χ1v) is 7.45. The minimum Gasteiger partial charge on any atom is -0.490 e. The normalized spacial score (nSPS) is 10.0. The van der Waals surface area contributed by atoms with Gasteiger partial charge in [0, 0.05) is 0 Å². The molecule has 1 rings (SSSR count).